The van der Waals surface area contributed by atoms with E-state index in [1.165, 1.54) is 12.1 Å². The second-order valence-electron chi connectivity index (χ2n) is 7.44. The number of benzene rings is 2. The van der Waals surface area contributed by atoms with Gasteiger partial charge in [0.25, 0.3) is 0 Å². The van der Waals surface area contributed by atoms with Gasteiger partial charge in [0.1, 0.15) is 17.6 Å². The highest BCUT2D eigenvalue weighted by atomic mass is 19.3. The Morgan fingerprint density at radius 3 is 2.28 bits per heavy atom. The standard InChI is InChI=1S/C23H27F2NO3/c1-16-4-3-5-17(2)22(16)28-20-12-14-26(15-13-20)21(27)11-8-18-6-9-19(10-7-18)29-23(24)25/h3-7,9-10,20,23H,8,11-15H2,1-2H3. The fourth-order valence-electron chi connectivity index (χ4n) is 3.62. The molecule has 0 spiro atoms. The Bertz CT molecular complexity index is 795. The van der Waals surface area contributed by atoms with Crippen LogP contribution in [0.25, 0.3) is 0 Å². The number of carbonyl (C=O) groups is 1. The van der Waals surface area contributed by atoms with Gasteiger partial charge in [-0.15, -0.1) is 0 Å². The van der Waals surface area contributed by atoms with Crippen LogP contribution in [0.4, 0.5) is 8.78 Å². The Balaban J connectivity index is 1.44. The van der Waals surface area contributed by atoms with Gasteiger partial charge in [0, 0.05) is 32.4 Å². The van der Waals surface area contributed by atoms with Gasteiger partial charge in [-0.2, -0.15) is 8.78 Å². The number of alkyl halides is 2. The van der Waals surface area contributed by atoms with Crippen LogP contribution < -0.4 is 9.47 Å². The molecule has 1 aliphatic rings. The zero-order valence-electron chi connectivity index (χ0n) is 16.9. The topological polar surface area (TPSA) is 38.8 Å². The van der Waals surface area contributed by atoms with Crippen molar-refractivity contribution in [2.24, 2.45) is 0 Å². The van der Waals surface area contributed by atoms with E-state index < -0.39 is 6.61 Å². The molecule has 6 heteroatoms. The van der Waals surface area contributed by atoms with E-state index in [9.17, 15) is 13.6 Å². The molecule has 0 N–H and O–H groups in total. The monoisotopic (exact) mass is 403 g/mol. The Morgan fingerprint density at radius 1 is 1.07 bits per heavy atom. The molecule has 29 heavy (non-hydrogen) atoms. The molecule has 3 rings (SSSR count). The van der Waals surface area contributed by atoms with Gasteiger partial charge < -0.3 is 14.4 Å². The van der Waals surface area contributed by atoms with E-state index in [2.05, 4.69) is 4.74 Å². The maximum atomic E-state index is 12.5. The van der Waals surface area contributed by atoms with Crippen LogP contribution >= 0.6 is 0 Å². The normalized spacial score (nSPS) is 14.9. The fraction of sp³-hybridized carbons (Fsp3) is 0.435. The molecule has 0 radical (unpaired) electrons. The Morgan fingerprint density at radius 2 is 1.69 bits per heavy atom. The first-order valence-corrected chi connectivity index (χ1v) is 9.97. The van der Waals surface area contributed by atoms with E-state index in [4.69, 9.17) is 4.74 Å². The number of piperidine rings is 1. The summed E-state index contributed by atoms with van der Waals surface area (Å²) in [4.78, 5) is 14.4. The second-order valence-corrected chi connectivity index (χ2v) is 7.44. The van der Waals surface area contributed by atoms with Gasteiger partial charge in [-0.05, 0) is 49.1 Å². The van der Waals surface area contributed by atoms with Gasteiger partial charge >= 0.3 is 6.61 Å². The molecule has 1 saturated heterocycles. The largest absolute Gasteiger partial charge is 0.490 e. The zero-order valence-corrected chi connectivity index (χ0v) is 16.9. The van der Waals surface area contributed by atoms with Crippen LogP contribution in [-0.2, 0) is 11.2 Å². The molecule has 2 aromatic carbocycles. The molecule has 4 nitrogen and oxygen atoms in total. The summed E-state index contributed by atoms with van der Waals surface area (Å²) in [5, 5.41) is 0. The van der Waals surface area contributed by atoms with Crippen LogP contribution in [0.15, 0.2) is 42.5 Å². The Hall–Kier alpha value is -2.63. The Kier molecular flexibility index (Phi) is 7.07. The molecule has 0 aromatic heterocycles. The summed E-state index contributed by atoms with van der Waals surface area (Å²) >= 11 is 0. The number of rotatable bonds is 7. The first kappa shape index (κ1) is 21.1. The molecule has 1 aliphatic heterocycles. The summed E-state index contributed by atoms with van der Waals surface area (Å²) in [6.07, 6.45) is 2.74. The van der Waals surface area contributed by atoms with E-state index in [1.807, 2.05) is 36.9 Å². The molecule has 0 saturated carbocycles. The molecule has 0 unspecified atom stereocenters. The minimum Gasteiger partial charge on any atom is -0.490 e. The fourth-order valence-corrected chi connectivity index (χ4v) is 3.62. The lowest BCUT2D eigenvalue weighted by atomic mass is 10.0. The number of para-hydroxylation sites is 1. The highest BCUT2D eigenvalue weighted by Gasteiger charge is 2.24. The Labute approximate surface area is 170 Å². The summed E-state index contributed by atoms with van der Waals surface area (Å²) in [5.41, 5.74) is 3.19. The number of nitrogens with zero attached hydrogens (tertiary/aromatic N) is 1. The highest BCUT2D eigenvalue weighted by molar-refractivity contribution is 5.76. The van der Waals surface area contributed by atoms with Crippen LogP contribution in [0, 0.1) is 13.8 Å². The summed E-state index contributed by atoms with van der Waals surface area (Å²) in [5.74, 6) is 1.20. The van der Waals surface area contributed by atoms with E-state index in [0.717, 1.165) is 35.3 Å². The summed E-state index contributed by atoms with van der Waals surface area (Å²) in [6, 6.07) is 12.6. The molecule has 0 atom stereocenters. The summed E-state index contributed by atoms with van der Waals surface area (Å²) in [7, 11) is 0. The summed E-state index contributed by atoms with van der Waals surface area (Å²) < 4.78 is 34.9. The third kappa shape index (κ3) is 5.92. The van der Waals surface area contributed by atoms with Gasteiger partial charge in [0.2, 0.25) is 5.91 Å². The first-order valence-electron chi connectivity index (χ1n) is 9.97. The van der Waals surface area contributed by atoms with E-state index >= 15 is 0 Å². The number of hydrogen-bond donors (Lipinski definition) is 0. The van der Waals surface area contributed by atoms with Crippen molar-refractivity contribution in [3.63, 3.8) is 0 Å². The second kappa shape index (κ2) is 9.72. The SMILES string of the molecule is Cc1cccc(C)c1OC1CCN(C(=O)CCc2ccc(OC(F)F)cc2)CC1. The van der Waals surface area contributed by atoms with Crippen LogP contribution in [0.5, 0.6) is 11.5 Å². The number of amides is 1. The zero-order chi connectivity index (χ0) is 20.8. The number of halogens is 2. The predicted molar refractivity (Wildman–Crippen MR) is 108 cm³/mol. The lowest BCUT2D eigenvalue weighted by molar-refractivity contribution is -0.132. The van der Waals surface area contributed by atoms with Gasteiger partial charge in [0.05, 0.1) is 0 Å². The third-order valence-corrected chi connectivity index (χ3v) is 5.26. The minimum absolute atomic E-state index is 0.114. The lowest BCUT2D eigenvalue weighted by Gasteiger charge is -2.33. The molecule has 2 aromatic rings. The molecular formula is C23H27F2NO3. The van der Waals surface area contributed by atoms with Crippen molar-refractivity contribution in [2.45, 2.75) is 52.2 Å². The molecule has 1 fully saturated rings. The molecule has 1 heterocycles. The van der Waals surface area contributed by atoms with Crippen molar-refractivity contribution < 1.29 is 23.0 Å². The summed E-state index contributed by atoms with van der Waals surface area (Å²) in [6.45, 7) is 2.65. The molecule has 1 amide bonds. The average Bonchev–Trinajstić information content (AvgIpc) is 2.70. The predicted octanol–water partition coefficient (Wildman–Crippen LogP) is 4.91. The van der Waals surface area contributed by atoms with Gasteiger partial charge in [-0.3, -0.25) is 4.79 Å². The molecular weight excluding hydrogens is 376 g/mol. The highest BCUT2D eigenvalue weighted by Crippen LogP contribution is 2.26. The smallest absolute Gasteiger partial charge is 0.387 e. The molecule has 156 valence electrons. The quantitative estimate of drug-likeness (QED) is 0.660. The van der Waals surface area contributed by atoms with Crippen molar-refractivity contribution >= 4 is 5.91 Å². The van der Waals surface area contributed by atoms with Crippen LogP contribution in [0.2, 0.25) is 0 Å². The van der Waals surface area contributed by atoms with Crippen LogP contribution in [-0.4, -0.2) is 36.6 Å². The maximum Gasteiger partial charge on any atom is 0.387 e. The van der Waals surface area contributed by atoms with Gasteiger partial charge in [-0.25, -0.2) is 0 Å². The molecule has 0 aliphatic carbocycles. The van der Waals surface area contributed by atoms with Crippen molar-refractivity contribution in [1.29, 1.82) is 0 Å². The number of likely N-dealkylation sites (tertiary alicyclic amines) is 1. The molecule has 0 bridgehead atoms. The first-order chi connectivity index (χ1) is 13.9. The van der Waals surface area contributed by atoms with Crippen molar-refractivity contribution in [3.05, 3.63) is 59.2 Å². The number of carbonyl (C=O) groups excluding carboxylic acids is 1. The van der Waals surface area contributed by atoms with E-state index in [-0.39, 0.29) is 17.8 Å². The lowest BCUT2D eigenvalue weighted by Crippen LogP contribution is -2.42. The van der Waals surface area contributed by atoms with Crippen molar-refractivity contribution in [1.82, 2.24) is 4.90 Å². The minimum atomic E-state index is -2.83. The van der Waals surface area contributed by atoms with Crippen LogP contribution in [0.1, 0.15) is 36.0 Å². The van der Waals surface area contributed by atoms with E-state index in [0.29, 0.717) is 25.9 Å². The van der Waals surface area contributed by atoms with Gasteiger partial charge in [0.15, 0.2) is 0 Å². The van der Waals surface area contributed by atoms with Crippen molar-refractivity contribution in [2.75, 3.05) is 13.1 Å². The van der Waals surface area contributed by atoms with Gasteiger partial charge in [-0.1, -0.05) is 30.3 Å². The van der Waals surface area contributed by atoms with E-state index in [1.54, 1.807) is 12.1 Å². The number of aryl methyl sites for hydroxylation is 3. The average molecular weight is 403 g/mol. The number of hydrogen-bond acceptors (Lipinski definition) is 3. The number of ether oxygens (including phenoxy) is 2. The van der Waals surface area contributed by atoms with Crippen molar-refractivity contribution in [3.8, 4) is 11.5 Å². The van der Waals surface area contributed by atoms with Crippen LogP contribution in [0.3, 0.4) is 0 Å². The third-order valence-electron chi connectivity index (χ3n) is 5.26. The maximum absolute atomic E-state index is 12.5.